The third-order valence-corrected chi connectivity index (χ3v) is 4.66. The van der Waals surface area contributed by atoms with Crippen molar-refractivity contribution in [3.63, 3.8) is 0 Å². The first-order valence-corrected chi connectivity index (χ1v) is 9.31. The third kappa shape index (κ3) is 6.04. The molecule has 6 heteroatoms. The van der Waals surface area contributed by atoms with Crippen LogP contribution in [0.3, 0.4) is 0 Å². The van der Waals surface area contributed by atoms with Crippen LogP contribution in [0.25, 0.3) is 0 Å². The van der Waals surface area contributed by atoms with Crippen molar-refractivity contribution in [2.24, 2.45) is 4.99 Å². The van der Waals surface area contributed by atoms with Gasteiger partial charge in [-0.2, -0.15) is 11.3 Å². The standard InChI is InChI=1S/C19H24N4S.HI/c1-2-20-19(22-14-17-9-12-24-15-17)21-13-16-5-7-18(8-6-16)23-10-3-4-11-23;/h3-9,12,15H,2,10-11,13-14H2,1H3,(H2,20,21,22);1H. The molecule has 3 rings (SSSR count). The molecule has 0 spiro atoms. The molecular formula is C19H25IN4S. The van der Waals surface area contributed by atoms with E-state index < -0.39 is 0 Å². The van der Waals surface area contributed by atoms with Crippen molar-refractivity contribution in [2.45, 2.75) is 20.0 Å². The zero-order chi connectivity index (χ0) is 16.6. The second kappa shape index (κ2) is 10.5. The number of halogens is 1. The van der Waals surface area contributed by atoms with Crippen LogP contribution in [0.15, 0.2) is 58.2 Å². The number of aliphatic imine (C=N–C) groups is 1. The van der Waals surface area contributed by atoms with E-state index in [0.717, 1.165) is 32.1 Å². The van der Waals surface area contributed by atoms with Gasteiger partial charge in [0, 0.05) is 31.9 Å². The summed E-state index contributed by atoms with van der Waals surface area (Å²) in [5.41, 5.74) is 3.79. The Morgan fingerprint density at radius 1 is 1.08 bits per heavy atom. The summed E-state index contributed by atoms with van der Waals surface area (Å²) in [5, 5.41) is 10.9. The highest BCUT2D eigenvalue weighted by Crippen LogP contribution is 2.17. The van der Waals surface area contributed by atoms with Gasteiger partial charge in [0.1, 0.15) is 0 Å². The van der Waals surface area contributed by atoms with Crippen LogP contribution < -0.4 is 15.5 Å². The molecule has 1 aliphatic heterocycles. The molecule has 1 aromatic carbocycles. The number of guanidine groups is 1. The molecule has 134 valence electrons. The SMILES string of the molecule is CCNC(=NCc1ccsc1)NCc1ccc(N2CC=CC2)cc1.I. The first-order valence-electron chi connectivity index (χ1n) is 8.37. The minimum absolute atomic E-state index is 0. The molecule has 0 aliphatic carbocycles. The number of thiophene rings is 1. The highest BCUT2D eigenvalue weighted by Gasteiger charge is 2.07. The van der Waals surface area contributed by atoms with Crippen LogP contribution in [-0.4, -0.2) is 25.6 Å². The van der Waals surface area contributed by atoms with Gasteiger partial charge in [0.25, 0.3) is 0 Å². The quantitative estimate of drug-likeness (QED) is 0.292. The van der Waals surface area contributed by atoms with E-state index in [2.05, 4.69) is 80.7 Å². The number of nitrogens with zero attached hydrogens (tertiary/aromatic N) is 2. The van der Waals surface area contributed by atoms with Gasteiger partial charge in [0.05, 0.1) is 6.54 Å². The van der Waals surface area contributed by atoms with Gasteiger partial charge in [-0.15, -0.1) is 24.0 Å². The van der Waals surface area contributed by atoms with Gasteiger partial charge in [0.15, 0.2) is 5.96 Å². The van der Waals surface area contributed by atoms with Gasteiger partial charge >= 0.3 is 0 Å². The molecule has 2 N–H and O–H groups in total. The number of anilines is 1. The molecule has 0 atom stereocenters. The van der Waals surface area contributed by atoms with Crippen LogP contribution in [0.4, 0.5) is 5.69 Å². The number of rotatable bonds is 6. The Morgan fingerprint density at radius 3 is 2.48 bits per heavy atom. The van der Waals surface area contributed by atoms with Crippen LogP contribution in [0, 0.1) is 0 Å². The Labute approximate surface area is 171 Å². The highest BCUT2D eigenvalue weighted by molar-refractivity contribution is 14.0. The summed E-state index contributed by atoms with van der Waals surface area (Å²) in [6, 6.07) is 10.9. The van der Waals surface area contributed by atoms with Crippen molar-refractivity contribution >= 4 is 47.0 Å². The zero-order valence-corrected chi connectivity index (χ0v) is 17.6. The lowest BCUT2D eigenvalue weighted by Gasteiger charge is -2.18. The lowest BCUT2D eigenvalue weighted by atomic mass is 10.2. The highest BCUT2D eigenvalue weighted by atomic mass is 127. The number of hydrogen-bond acceptors (Lipinski definition) is 3. The maximum Gasteiger partial charge on any atom is 0.191 e. The maximum absolute atomic E-state index is 4.64. The summed E-state index contributed by atoms with van der Waals surface area (Å²) in [5.74, 6) is 0.858. The largest absolute Gasteiger partial charge is 0.364 e. The molecule has 2 aromatic rings. The summed E-state index contributed by atoms with van der Waals surface area (Å²) < 4.78 is 0. The Balaban J connectivity index is 0.00000225. The fourth-order valence-corrected chi connectivity index (χ4v) is 3.25. The predicted molar refractivity (Wildman–Crippen MR) is 119 cm³/mol. The minimum Gasteiger partial charge on any atom is -0.364 e. The summed E-state index contributed by atoms with van der Waals surface area (Å²) >= 11 is 1.71. The maximum atomic E-state index is 4.64. The Bertz CT molecular complexity index is 672. The number of nitrogens with one attached hydrogen (secondary N) is 2. The monoisotopic (exact) mass is 468 g/mol. The van der Waals surface area contributed by atoms with Crippen molar-refractivity contribution in [1.82, 2.24) is 10.6 Å². The lowest BCUT2D eigenvalue weighted by Crippen LogP contribution is -2.36. The van der Waals surface area contributed by atoms with Gasteiger partial charge < -0.3 is 15.5 Å². The van der Waals surface area contributed by atoms with Gasteiger partial charge in [-0.1, -0.05) is 24.3 Å². The molecule has 25 heavy (non-hydrogen) atoms. The van der Waals surface area contributed by atoms with Crippen molar-refractivity contribution in [3.8, 4) is 0 Å². The van der Waals surface area contributed by atoms with Crippen molar-refractivity contribution in [3.05, 3.63) is 64.4 Å². The summed E-state index contributed by atoms with van der Waals surface area (Å²) in [7, 11) is 0. The van der Waals surface area contributed by atoms with Crippen LogP contribution in [-0.2, 0) is 13.1 Å². The normalized spacial score (nSPS) is 13.6. The van der Waals surface area contributed by atoms with E-state index in [1.165, 1.54) is 16.8 Å². The molecule has 0 saturated carbocycles. The molecule has 0 radical (unpaired) electrons. The van der Waals surface area contributed by atoms with Gasteiger partial charge in [-0.05, 0) is 47.0 Å². The Morgan fingerprint density at radius 2 is 1.84 bits per heavy atom. The van der Waals surface area contributed by atoms with E-state index in [1.54, 1.807) is 11.3 Å². The van der Waals surface area contributed by atoms with Gasteiger partial charge in [0.2, 0.25) is 0 Å². The number of benzene rings is 1. The van der Waals surface area contributed by atoms with E-state index in [-0.39, 0.29) is 24.0 Å². The van der Waals surface area contributed by atoms with Gasteiger partial charge in [-0.25, -0.2) is 4.99 Å². The summed E-state index contributed by atoms with van der Waals surface area (Å²) in [6.45, 7) is 6.44. The van der Waals surface area contributed by atoms with E-state index in [1.807, 2.05) is 0 Å². The molecule has 4 nitrogen and oxygen atoms in total. The minimum atomic E-state index is 0. The van der Waals surface area contributed by atoms with E-state index in [9.17, 15) is 0 Å². The first kappa shape index (κ1) is 19.8. The van der Waals surface area contributed by atoms with Gasteiger partial charge in [-0.3, -0.25) is 0 Å². The van der Waals surface area contributed by atoms with E-state index in [4.69, 9.17) is 0 Å². The molecule has 1 aromatic heterocycles. The summed E-state index contributed by atoms with van der Waals surface area (Å²) in [4.78, 5) is 6.99. The first-order chi connectivity index (χ1) is 11.8. The van der Waals surface area contributed by atoms with Crippen LogP contribution in [0.2, 0.25) is 0 Å². The number of hydrogen-bond donors (Lipinski definition) is 2. The third-order valence-electron chi connectivity index (χ3n) is 3.92. The van der Waals surface area contributed by atoms with E-state index in [0.29, 0.717) is 6.54 Å². The molecule has 0 fully saturated rings. The molecular weight excluding hydrogens is 443 g/mol. The average molecular weight is 468 g/mol. The average Bonchev–Trinajstić information content (AvgIpc) is 3.31. The fraction of sp³-hybridized carbons (Fsp3) is 0.316. The second-order valence-electron chi connectivity index (χ2n) is 5.72. The van der Waals surface area contributed by atoms with Crippen molar-refractivity contribution in [1.29, 1.82) is 0 Å². The fourth-order valence-electron chi connectivity index (χ4n) is 2.59. The molecule has 0 unspecified atom stereocenters. The molecule has 2 heterocycles. The predicted octanol–water partition coefficient (Wildman–Crippen LogP) is 4.00. The van der Waals surface area contributed by atoms with E-state index >= 15 is 0 Å². The smallest absolute Gasteiger partial charge is 0.191 e. The molecule has 0 amide bonds. The summed E-state index contributed by atoms with van der Waals surface area (Å²) in [6.07, 6.45) is 4.42. The Kier molecular flexibility index (Phi) is 8.27. The lowest BCUT2D eigenvalue weighted by molar-refractivity contribution is 0.816. The van der Waals surface area contributed by atoms with Crippen LogP contribution >= 0.6 is 35.3 Å². The van der Waals surface area contributed by atoms with Crippen LogP contribution in [0.1, 0.15) is 18.1 Å². The van der Waals surface area contributed by atoms with Crippen molar-refractivity contribution < 1.29 is 0 Å². The topological polar surface area (TPSA) is 39.7 Å². The second-order valence-corrected chi connectivity index (χ2v) is 6.50. The molecule has 0 bridgehead atoms. The van der Waals surface area contributed by atoms with Crippen LogP contribution in [0.5, 0.6) is 0 Å². The molecule has 1 aliphatic rings. The molecule has 0 saturated heterocycles. The zero-order valence-electron chi connectivity index (χ0n) is 14.4. The Hall–Kier alpha value is -1.54. The van der Waals surface area contributed by atoms with Crippen molar-refractivity contribution in [2.75, 3.05) is 24.5 Å².